The summed E-state index contributed by atoms with van der Waals surface area (Å²) < 4.78 is 5.71. The second-order valence-corrected chi connectivity index (χ2v) is 8.23. The molecule has 1 unspecified atom stereocenters. The molecule has 0 aliphatic carbocycles. The highest BCUT2D eigenvalue weighted by molar-refractivity contribution is 6.19. The number of aromatic hydroxyl groups is 1. The van der Waals surface area contributed by atoms with Crippen molar-refractivity contribution in [1.29, 1.82) is 0 Å². The fourth-order valence-corrected chi connectivity index (χ4v) is 4.68. The van der Waals surface area contributed by atoms with E-state index in [0.29, 0.717) is 24.7 Å². The van der Waals surface area contributed by atoms with E-state index in [9.17, 15) is 9.90 Å². The number of rotatable bonds is 5. The number of alkyl halides is 1. The van der Waals surface area contributed by atoms with Gasteiger partial charge in [-0.3, -0.25) is 4.79 Å². The summed E-state index contributed by atoms with van der Waals surface area (Å²) in [4.78, 5) is 18.4. The molecule has 3 aromatic carbocycles. The van der Waals surface area contributed by atoms with Gasteiger partial charge in [-0.25, -0.2) is 0 Å². The highest BCUT2D eigenvalue weighted by atomic mass is 35.5. The number of anilines is 1. The van der Waals surface area contributed by atoms with Crippen molar-refractivity contribution < 1.29 is 14.6 Å². The van der Waals surface area contributed by atoms with Crippen LogP contribution < -0.4 is 9.64 Å². The van der Waals surface area contributed by atoms with Crippen LogP contribution in [-0.4, -0.2) is 35.0 Å². The molecular weight excluding hydrogens is 412 g/mol. The predicted molar refractivity (Wildman–Crippen MR) is 125 cm³/mol. The summed E-state index contributed by atoms with van der Waals surface area (Å²) in [6, 6.07) is 17.0. The summed E-state index contributed by atoms with van der Waals surface area (Å²) in [5.41, 5.74) is 3.11. The van der Waals surface area contributed by atoms with Gasteiger partial charge in [0.05, 0.1) is 12.3 Å². The molecule has 1 atom stereocenters. The summed E-state index contributed by atoms with van der Waals surface area (Å²) in [6.45, 7) is 3.20. The highest BCUT2D eigenvalue weighted by Crippen LogP contribution is 2.45. The summed E-state index contributed by atoms with van der Waals surface area (Å²) in [5, 5.41) is 13.2. The van der Waals surface area contributed by atoms with E-state index in [1.807, 2.05) is 48.5 Å². The van der Waals surface area contributed by atoms with Crippen molar-refractivity contribution in [2.24, 2.45) is 0 Å². The minimum absolute atomic E-state index is 0.00421. The summed E-state index contributed by atoms with van der Waals surface area (Å²) in [6.07, 6.45) is 0.937. The second kappa shape index (κ2) is 7.82. The number of phenols is 1. The number of aromatic nitrogens is 1. The Hall–Kier alpha value is -3.18. The van der Waals surface area contributed by atoms with Crippen LogP contribution in [0.2, 0.25) is 0 Å². The Balaban J connectivity index is 1.55. The lowest BCUT2D eigenvalue weighted by Crippen LogP contribution is -2.30. The smallest absolute Gasteiger partial charge is 0.274 e. The molecule has 0 spiro atoms. The average molecular weight is 435 g/mol. The molecule has 1 aliphatic rings. The number of halogens is 1. The lowest BCUT2D eigenvalue weighted by Gasteiger charge is -2.17. The number of aromatic amines is 1. The van der Waals surface area contributed by atoms with Crippen molar-refractivity contribution in [2.75, 3.05) is 23.9 Å². The number of carbonyl (C=O) groups is 1. The third-order valence-corrected chi connectivity index (χ3v) is 6.24. The highest BCUT2D eigenvalue weighted by Gasteiger charge is 2.35. The summed E-state index contributed by atoms with van der Waals surface area (Å²) in [7, 11) is 0. The van der Waals surface area contributed by atoms with Crippen molar-refractivity contribution in [3.05, 3.63) is 65.9 Å². The molecule has 158 valence electrons. The molecule has 0 saturated carbocycles. The number of nitrogens with zero attached hydrogens (tertiary/aromatic N) is 1. The average Bonchev–Trinajstić information content (AvgIpc) is 3.38. The first kappa shape index (κ1) is 19.8. The van der Waals surface area contributed by atoms with Crippen molar-refractivity contribution in [3.8, 4) is 11.5 Å². The fraction of sp³-hybridized carbons (Fsp3) is 0.240. The molecule has 2 heterocycles. The molecule has 2 N–H and O–H groups in total. The largest absolute Gasteiger partial charge is 0.507 e. The molecule has 1 aromatic heterocycles. The summed E-state index contributed by atoms with van der Waals surface area (Å²) in [5.74, 6) is 1.21. The van der Waals surface area contributed by atoms with E-state index in [4.69, 9.17) is 16.3 Å². The first-order valence-electron chi connectivity index (χ1n) is 10.5. The number of ether oxygens (including phenoxy) is 1. The van der Waals surface area contributed by atoms with Crippen LogP contribution in [0.1, 0.15) is 35.3 Å². The first-order chi connectivity index (χ1) is 15.1. The number of hydrogen-bond donors (Lipinski definition) is 2. The maximum absolute atomic E-state index is 13.5. The van der Waals surface area contributed by atoms with Gasteiger partial charge >= 0.3 is 0 Å². The zero-order valence-electron chi connectivity index (χ0n) is 17.2. The number of amides is 1. The van der Waals surface area contributed by atoms with Crippen LogP contribution in [0.4, 0.5) is 5.69 Å². The molecule has 0 radical (unpaired) electrons. The van der Waals surface area contributed by atoms with Gasteiger partial charge in [0.25, 0.3) is 5.91 Å². The molecule has 0 saturated heterocycles. The Morgan fingerprint density at radius 2 is 2.00 bits per heavy atom. The quantitative estimate of drug-likeness (QED) is 0.390. The molecule has 0 bridgehead atoms. The van der Waals surface area contributed by atoms with E-state index < -0.39 is 0 Å². The van der Waals surface area contributed by atoms with Gasteiger partial charge < -0.3 is 19.7 Å². The van der Waals surface area contributed by atoms with Gasteiger partial charge in [-0.05, 0) is 41.6 Å². The second-order valence-electron chi connectivity index (χ2n) is 7.92. The van der Waals surface area contributed by atoms with Gasteiger partial charge in [-0.2, -0.15) is 0 Å². The van der Waals surface area contributed by atoms with E-state index in [-0.39, 0.29) is 17.6 Å². The minimum Gasteiger partial charge on any atom is -0.507 e. The molecule has 31 heavy (non-hydrogen) atoms. The van der Waals surface area contributed by atoms with E-state index in [2.05, 4.69) is 11.9 Å². The molecular formula is C25H23ClN2O3. The molecule has 1 amide bonds. The lowest BCUT2D eigenvalue weighted by molar-refractivity contribution is 0.0984. The maximum atomic E-state index is 13.5. The third kappa shape index (κ3) is 3.29. The van der Waals surface area contributed by atoms with Gasteiger partial charge in [0.1, 0.15) is 17.2 Å². The van der Waals surface area contributed by atoms with Crippen LogP contribution in [0, 0.1) is 0 Å². The van der Waals surface area contributed by atoms with Crippen LogP contribution in [0.15, 0.2) is 54.6 Å². The van der Waals surface area contributed by atoms with Gasteiger partial charge in [0.15, 0.2) is 0 Å². The number of benzene rings is 3. The van der Waals surface area contributed by atoms with Gasteiger partial charge in [0, 0.05) is 40.7 Å². The number of carbonyl (C=O) groups excluding carboxylic acids is 1. The van der Waals surface area contributed by atoms with Gasteiger partial charge in [0.2, 0.25) is 0 Å². The topological polar surface area (TPSA) is 65.6 Å². The Labute approximate surface area is 185 Å². The van der Waals surface area contributed by atoms with Crippen LogP contribution in [0.5, 0.6) is 11.5 Å². The van der Waals surface area contributed by atoms with E-state index in [1.54, 1.807) is 11.0 Å². The SMILES string of the molecule is CCCOc1ccc2[nH]c(C(=O)N3CC(CCl)c4c3cc(O)c3ccccc43)cc2c1. The van der Waals surface area contributed by atoms with Crippen molar-refractivity contribution in [3.63, 3.8) is 0 Å². The van der Waals surface area contributed by atoms with Crippen molar-refractivity contribution >= 4 is 44.9 Å². The first-order valence-corrected chi connectivity index (χ1v) is 11.0. The Bertz CT molecular complexity index is 1300. The molecule has 0 fully saturated rings. The Morgan fingerprint density at radius 1 is 1.19 bits per heavy atom. The van der Waals surface area contributed by atoms with E-state index >= 15 is 0 Å². The number of H-pyrrole nitrogens is 1. The number of phenolic OH excluding ortho intramolecular Hbond substituents is 1. The molecule has 5 rings (SSSR count). The fourth-order valence-electron chi connectivity index (χ4n) is 4.43. The maximum Gasteiger partial charge on any atom is 0.274 e. The minimum atomic E-state index is -0.143. The van der Waals surface area contributed by atoms with Crippen molar-refractivity contribution in [1.82, 2.24) is 4.98 Å². The van der Waals surface area contributed by atoms with E-state index in [0.717, 1.165) is 45.1 Å². The Morgan fingerprint density at radius 3 is 2.77 bits per heavy atom. The third-order valence-electron chi connectivity index (χ3n) is 5.87. The van der Waals surface area contributed by atoms with Gasteiger partial charge in [-0.15, -0.1) is 11.6 Å². The van der Waals surface area contributed by atoms with Crippen LogP contribution >= 0.6 is 11.6 Å². The standard InChI is InChI=1S/C25H23ClN2O3/c1-2-9-31-17-7-8-20-15(10-17)11-21(27-20)25(30)28-14-16(13-26)24-19-6-4-3-5-18(19)23(29)12-22(24)28/h3-8,10-12,16,27,29H,2,9,13-14H2,1H3. The molecule has 5 nitrogen and oxygen atoms in total. The normalized spacial score (nSPS) is 15.5. The van der Waals surface area contributed by atoms with Gasteiger partial charge in [-0.1, -0.05) is 31.2 Å². The molecule has 1 aliphatic heterocycles. The van der Waals surface area contributed by atoms with Crippen molar-refractivity contribution in [2.45, 2.75) is 19.3 Å². The van der Waals surface area contributed by atoms with Crippen LogP contribution in [0.3, 0.4) is 0 Å². The monoisotopic (exact) mass is 434 g/mol. The van der Waals surface area contributed by atoms with Crippen LogP contribution in [0.25, 0.3) is 21.7 Å². The predicted octanol–water partition coefficient (Wildman–Crippen LogP) is 5.80. The summed E-state index contributed by atoms with van der Waals surface area (Å²) >= 11 is 6.29. The number of fused-ring (bicyclic) bond motifs is 4. The molecule has 4 aromatic rings. The number of hydrogen-bond acceptors (Lipinski definition) is 3. The lowest BCUT2D eigenvalue weighted by atomic mass is 9.95. The zero-order chi connectivity index (χ0) is 21.5. The molecule has 6 heteroatoms. The number of nitrogens with one attached hydrogen (secondary N) is 1. The Kier molecular flexibility index (Phi) is 4.98. The van der Waals surface area contributed by atoms with E-state index in [1.165, 1.54) is 0 Å². The van der Waals surface area contributed by atoms with Crippen LogP contribution in [-0.2, 0) is 0 Å². The zero-order valence-corrected chi connectivity index (χ0v) is 17.9.